The molecular formula is C14H10N2O2S. The number of imidazole rings is 1. The van der Waals surface area contributed by atoms with Crippen molar-refractivity contribution in [3.63, 3.8) is 0 Å². The molecule has 0 aliphatic carbocycles. The Morgan fingerprint density at radius 1 is 1.11 bits per heavy atom. The highest BCUT2D eigenvalue weighted by Crippen LogP contribution is 2.27. The summed E-state index contributed by atoms with van der Waals surface area (Å²) < 4.78 is 1.87. The molecule has 0 atom stereocenters. The standard InChI is InChI=1S/C14H10N2O2S/c17-14(18)10-5-1-4-8-13(10)19-16-9-15-11-6-2-3-7-12(11)16/h1-9H,(H,17,18). The van der Waals surface area contributed by atoms with Crippen molar-refractivity contribution in [3.8, 4) is 0 Å². The quantitative estimate of drug-likeness (QED) is 0.793. The number of carboxylic acid groups (broad SMARTS) is 1. The van der Waals surface area contributed by atoms with Gasteiger partial charge in [-0.3, -0.25) is 3.97 Å². The van der Waals surface area contributed by atoms with Gasteiger partial charge in [-0.1, -0.05) is 24.3 Å². The van der Waals surface area contributed by atoms with Gasteiger partial charge in [-0.2, -0.15) is 0 Å². The molecule has 3 aromatic rings. The molecule has 0 aliphatic heterocycles. The van der Waals surface area contributed by atoms with E-state index < -0.39 is 5.97 Å². The van der Waals surface area contributed by atoms with E-state index in [0.717, 1.165) is 11.0 Å². The van der Waals surface area contributed by atoms with Gasteiger partial charge in [0, 0.05) is 4.90 Å². The van der Waals surface area contributed by atoms with Crippen molar-refractivity contribution < 1.29 is 9.90 Å². The van der Waals surface area contributed by atoms with Crippen LogP contribution in [0, 0.1) is 0 Å². The predicted molar refractivity (Wildman–Crippen MR) is 74.4 cm³/mol. The van der Waals surface area contributed by atoms with Crippen LogP contribution < -0.4 is 0 Å². The van der Waals surface area contributed by atoms with E-state index in [1.54, 1.807) is 24.5 Å². The Kier molecular flexibility index (Phi) is 2.97. The van der Waals surface area contributed by atoms with Crippen LogP contribution in [0.5, 0.6) is 0 Å². The minimum Gasteiger partial charge on any atom is -0.478 e. The van der Waals surface area contributed by atoms with Crippen LogP contribution in [0.15, 0.2) is 59.8 Å². The zero-order chi connectivity index (χ0) is 13.2. The molecule has 1 N–H and O–H groups in total. The van der Waals surface area contributed by atoms with Crippen molar-refractivity contribution >= 4 is 29.0 Å². The van der Waals surface area contributed by atoms with Gasteiger partial charge in [0.25, 0.3) is 0 Å². The van der Waals surface area contributed by atoms with Crippen molar-refractivity contribution in [2.75, 3.05) is 0 Å². The topological polar surface area (TPSA) is 55.1 Å². The van der Waals surface area contributed by atoms with Gasteiger partial charge in [0.2, 0.25) is 0 Å². The number of carbonyl (C=O) groups is 1. The summed E-state index contributed by atoms with van der Waals surface area (Å²) in [4.78, 5) is 16.2. The van der Waals surface area contributed by atoms with Crippen LogP contribution in [0.4, 0.5) is 0 Å². The lowest BCUT2D eigenvalue weighted by molar-refractivity contribution is 0.0693. The minimum absolute atomic E-state index is 0.297. The fourth-order valence-electron chi connectivity index (χ4n) is 1.84. The van der Waals surface area contributed by atoms with Gasteiger partial charge in [0.15, 0.2) is 0 Å². The predicted octanol–water partition coefficient (Wildman–Crippen LogP) is 3.29. The number of carboxylic acids is 1. The molecule has 0 bridgehead atoms. The van der Waals surface area contributed by atoms with E-state index in [2.05, 4.69) is 4.98 Å². The first-order valence-corrected chi connectivity index (χ1v) is 6.46. The van der Waals surface area contributed by atoms with E-state index >= 15 is 0 Å². The number of aromatic carboxylic acids is 1. The monoisotopic (exact) mass is 270 g/mol. The fourth-order valence-corrected chi connectivity index (χ4v) is 2.79. The lowest BCUT2D eigenvalue weighted by Gasteiger charge is -2.06. The summed E-state index contributed by atoms with van der Waals surface area (Å²) in [5.41, 5.74) is 2.15. The van der Waals surface area contributed by atoms with E-state index in [9.17, 15) is 4.79 Å². The highest BCUT2D eigenvalue weighted by molar-refractivity contribution is 7.98. The molecule has 94 valence electrons. The maximum atomic E-state index is 11.2. The lowest BCUT2D eigenvalue weighted by atomic mass is 10.2. The van der Waals surface area contributed by atoms with E-state index in [-0.39, 0.29) is 0 Å². The number of hydrogen-bond donors (Lipinski definition) is 1. The Morgan fingerprint density at radius 2 is 1.84 bits per heavy atom. The molecule has 3 rings (SSSR count). The average Bonchev–Trinajstić information content (AvgIpc) is 2.83. The normalized spacial score (nSPS) is 10.7. The van der Waals surface area contributed by atoms with Gasteiger partial charge in [-0.05, 0) is 36.2 Å². The van der Waals surface area contributed by atoms with Crippen LogP contribution >= 0.6 is 11.9 Å². The molecule has 1 aromatic heterocycles. The summed E-state index contributed by atoms with van der Waals surface area (Å²) in [5.74, 6) is -0.924. The maximum absolute atomic E-state index is 11.2. The highest BCUT2D eigenvalue weighted by atomic mass is 32.2. The van der Waals surface area contributed by atoms with Crippen molar-refractivity contribution in [3.05, 3.63) is 60.4 Å². The van der Waals surface area contributed by atoms with E-state index in [4.69, 9.17) is 5.11 Å². The number of aromatic nitrogens is 2. The molecule has 1 heterocycles. The Balaban J connectivity index is 2.04. The SMILES string of the molecule is O=C(O)c1ccccc1Sn1cnc2ccccc21. The molecule has 0 saturated carbocycles. The average molecular weight is 270 g/mol. The van der Waals surface area contributed by atoms with Crippen LogP contribution in [0.3, 0.4) is 0 Å². The number of benzene rings is 2. The lowest BCUT2D eigenvalue weighted by Crippen LogP contribution is -1.99. The number of rotatable bonds is 3. The molecule has 0 radical (unpaired) electrons. The third-order valence-corrected chi connectivity index (χ3v) is 3.78. The minimum atomic E-state index is -0.924. The Labute approximate surface area is 113 Å². The zero-order valence-corrected chi connectivity index (χ0v) is 10.7. The molecule has 5 heteroatoms. The second-order valence-corrected chi connectivity index (χ2v) is 4.97. The van der Waals surface area contributed by atoms with Crippen molar-refractivity contribution in [1.29, 1.82) is 0 Å². The smallest absolute Gasteiger partial charge is 0.336 e. The highest BCUT2D eigenvalue weighted by Gasteiger charge is 2.11. The Bertz CT molecular complexity index is 752. The van der Waals surface area contributed by atoms with Gasteiger partial charge >= 0.3 is 5.97 Å². The van der Waals surface area contributed by atoms with E-state index in [1.807, 2.05) is 34.3 Å². The molecule has 0 aliphatic rings. The number of fused-ring (bicyclic) bond motifs is 1. The first kappa shape index (κ1) is 11.8. The van der Waals surface area contributed by atoms with Crippen LogP contribution in [0.2, 0.25) is 0 Å². The molecule has 19 heavy (non-hydrogen) atoms. The Morgan fingerprint density at radius 3 is 2.68 bits per heavy atom. The summed E-state index contributed by atoms with van der Waals surface area (Å²) in [5, 5.41) is 9.17. The van der Waals surface area contributed by atoms with Crippen molar-refractivity contribution in [2.24, 2.45) is 0 Å². The third kappa shape index (κ3) is 2.20. The largest absolute Gasteiger partial charge is 0.478 e. The summed E-state index contributed by atoms with van der Waals surface area (Å²) >= 11 is 1.35. The molecule has 4 nitrogen and oxygen atoms in total. The molecule has 0 fully saturated rings. The summed E-state index contributed by atoms with van der Waals surface area (Å²) in [6, 6.07) is 14.7. The second kappa shape index (κ2) is 4.78. The second-order valence-electron chi connectivity index (χ2n) is 3.95. The molecule has 0 unspecified atom stereocenters. The number of nitrogens with zero attached hydrogens (tertiary/aromatic N) is 2. The molecule has 0 saturated heterocycles. The number of hydrogen-bond acceptors (Lipinski definition) is 3. The third-order valence-electron chi connectivity index (χ3n) is 2.74. The van der Waals surface area contributed by atoms with Crippen LogP contribution in [-0.2, 0) is 0 Å². The van der Waals surface area contributed by atoms with Crippen LogP contribution in [0.25, 0.3) is 11.0 Å². The summed E-state index contributed by atoms with van der Waals surface area (Å²) in [7, 11) is 0. The number of para-hydroxylation sites is 2. The van der Waals surface area contributed by atoms with Crippen LogP contribution in [-0.4, -0.2) is 20.0 Å². The van der Waals surface area contributed by atoms with Gasteiger partial charge in [-0.25, -0.2) is 9.78 Å². The zero-order valence-electron chi connectivity index (χ0n) is 9.85. The van der Waals surface area contributed by atoms with Gasteiger partial charge < -0.3 is 5.11 Å². The van der Waals surface area contributed by atoms with E-state index in [0.29, 0.717) is 10.5 Å². The van der Waals surface area contributed by atoms with Gasteiger partial charge in [0.1, 0.15) is 6.33 Å². The summed E-state index contributed by atoms with van der Waals surface area (Å²) in [6.07, 6.45) is 1.70. The first-order valence-electron chi connectivity index (χ1n) is 5.68. The molecular weight excluding hydrogens is 260 g/mol. The molecule has 2 aromatic carbocycles. The Hall–Kier alpha value is -2.27. The van der Waals surface area contributed by atoms with Crippen molar-refractivity contribution in [2.45, 2.75) is 4.90 Å². The first-order chi connectivity index (χ1) is 9.25. The van der Waals surface area contributed by atoms with Gasteiger partial charge in [-0.15, -0.1) is 0 Å². The van der Waals surface area contributed by atoms with Gasteiger partial charge in [0.05, 0.1) is 16.6 Å². The fraction of sp³-hybridized carbons (Fsp3) is 0. The van der Waals surface area contributed by atoms with E-state index in [1.165, 1.54) is 11.9 Å². The maximum Gasteiger partial charge on any atom is 0.336 e. The van der Waals surface area contributed by atoms with Crippen molar-refractivity contribution in [1.82, 2.24) is 8.96 Å². The summed E-state index contributed by atoms with van der Waals surface area (Å²) in [6.45, 7) is 0. The molecule has 0 spiro atoms. The molecule has 0 amide bonds. The van der Waals surface area contributed by atoms with Crippen LogP contribution in [0.1, 0.15) is 10.4 Å².